The van der Waals surface area contributed by atoms with Gasteiger partial charge in [0, 0.05) is 57.3 Å². The number of nitrogens with zero attached hydrogens (tertiary/aromatic N) is 5. The highest BCUT2D eigenvalue weighted by Gasteiger charge is 2.35. The molecule has 0 bridgehead atoms. The van der Waals surface area contributed by atoms with Gasteiger partial charge < -0.3 is 20.4 Å². The Hall–Kier alpha value is -3.53. The number of hydrogen-bond acceptors (Lipinski definition) is 7. The smallest absolute Gasteiger partial charge is 0.243 e. The molecule has 0 spiro atoms. The van der Waals surface area contributed by atoms with Crippen molar-refractivity contribution < 1.29 is 14.4 Å². The van der Waals surface area contributed by atoms with E-state index in [1.165, 1.54) is 0 Å². The Morgan fingerprint density at radius 3 is 2.53 bits per heavy atom. The highest BCUT2D eigenvalue weighted by molar-refractivity contribution is 5.98. The van der Waals surface area contributed by atoms with Crippen LogP contribution in [0.4, 0.5) is 11.6 Å². The van der Waals surface area contributed by atoms with Gasteiger partial charge in [0.1, 0.15) is 6.04 Å². The average Bonchev–Trinajstić information content (AvgIpc) is 2.83. The molecule has 0 saturated carbocycles. The SMILES string of the molecule is Cc1ccc(NC(=O)C[C@H]2C(=O)NCCN2C(=O)CN2CCN(c3ncccn3)CC2)c(C)c1. The molecule has 0 aliphatic carbocycles. The second kappa shape index (κ2) is 10.6. The number of piperazine rings is 2. The number of amides is 3. The highest BCUT2D eigenvalue weighted by Crippen LogP contribution is 2.18. The zero-order valence-electron chi connectivity index (χ0n) is 19.7. The number of aryl methyl sites for hydroxylation is 2. The molecule has 180 valence electrons. The van der Waals surface area contributed by atoms with E-state index in [0.29, 0.717) is 37.8 Å². The molecule has 2 aliphatic rings. The fourth-order valence-electron chi connectivity index (χ4n) is 4.39. The monoisotopic (exact) mass is 465 g/mol. The molecule has 34 heavy (non-hydrogen) atoms. The first-order valence-electron chi connectivity index (χ1n) is 11.6. The molecule has 4 rings (SSSR count). The molecule has 10 heteroatoms. The van der Waals surface area contributed by atoms with Gasteiger partial charge in [0.15, 0.2) is 0 Å². The van der Waals surface area contributed by atoms with Crippen LogP contribution >= 0.6 is 0 Å². The quantitative estimate of drug-likeness (QED) is 0.642. The lowest BCUT2D eigenvalue weighted by molar-refractivity contribution is -0.145. The first kappa shape index (κ1) is 23.6. The molecule has 3 heterocycles. The van der Waals surface area contributed by atoms with Crippen LogP contribution in [-0.2, 0) is 14.4 Å². The number of carbonyl (C=O) groups excluding carboxylic acids is 3. The summed E-state index contributed by atoms with van der Waals surface area (Å²) in [6, 6.07) is 6.74. The summed E-state index contributed by atoms with van der Waals surface area (Å²) >= 11 is 0. The first-order chi connectivity index (χ1) is 16.4. The molecule has 2 N–H and O–H groups in total. The molecule has 2 aromatic rings. The third-order valence-electron chi connectivity index (χ3n) is 6.25. The Labute approximate surface area is 199 Å². The molecule has 2 aliphatic heterocycles. The van der Waals surface area contributed by atoms with Gasteiger partial charge in [-0.3, -0.25) is 19.3 Å². The Morgan fingerprint density at radius 1 is 1.09 bits per heavy atom. The van der Waals surface area contributed by atoms with Crippen LogP contribution in [0.15, 0.2) is 36.7 Å². The van der Waals surface area contributed by atoms with Crippen LogP contribution in [0.5, 0.6) is 0 Å². The second-order valence-electron chi connectivity index (χ2n) is 8.78. The normalized spacial score (nSPS) is 19.0. The van der Waals surface area contributed by atoms with Gasteiger partial charge in [-0.1, -0.05) is 17.7 Å². The summed E-state index contributed by atoms with van der Waals surface area (Å²) < 4.78 is 0. The van der Waals surface area contributed by atoms with Crippen molar-refractivity contribution in [3.05, 3.63) is 47.8 Å². The van der Waals surface area contributed by atoms with Crippen molar-refractivity contribution in [2.75, 3.05) is 56.0 Å². The van der Waals surface area contributed by atoms with Crippen molar-refractivity contribution in [3.8, 4) is 0 Å². The number of anilines is 2. The highest BCUT2D eigenvalue weighted by atomic mass is 16.2. The van der Waals surface area contributed by atoms with Gasteiger partial charge in [-0.25, -0.2) is 9.97 Å². The largest absolute Gasteiger partial charge is 0.353 e. The lowest BCUT2D eigenvalue weighted by Crippen LogP contribution is -2.60. The zero-order valence-corrected chi connectivity index (χ0v) is 19.7. The summed E-state index contributed by atoms with van der Waals surface area (Å²) in [6.45, 7) is 7.75. The van der Waals surface area contributed by atoms with E-state index in [1.54, 1.807) is 23.4 Å². The number of hydrogen-bond donors (Lipinski definition) is 2. The minimum Gasteiger partial charge on any atom is -0.353 e. The number of rotatable bonds is 6. The fourth-order valence-corrected chi connectivity index (χ4v) is 4.39. The Balaban J connectivity index is 1.33. The molecular weight excluding hydrogens is 434 g/mol. The van der Waals surface area contributed by atoms with Gasteiger partial charge in [-0.05, 0) is 31.5 Å². The number of nitrogens with one attached hydrogen (secondary N) is 2. The van der Waals surface area contributed by atoms with Crippen LogP contribution in [0.25, 0.3) is 0 Å². The van der Waals surface area contributed by atoms with E-state index in [0.717, 1.165) is 24.2 Å². The molecule has 1 atom stereocenters. The van der Waals surface area contributed by atoms with Crippen LogP contribution in [-0.4, -0.2) is 89.3 Å². The Morgan fingerprint density at radius 2 is 1.82 bits per heavy atom. The average molecular weight is 466 g/mol. The van der Waals surface area contributed by atoms with Crippen molar-refractivity contribution in [2.24, 2.45) is 0 Å². The Bertz CT molecular complexity index is 1040. The second-order valence-corrected chi connectivity index (χ2v) is 8.78. The zero-order chi connectivity index (χ0) is 24.1. The minimum absolute atomic E-state index is 0.0794. The maximum atomic E-state index is 13.1. The van der Waals surface area contributed by atoms with Crippen molar-refractivity contribution in [1.29, 1.82) is 0 Å². The molecule has 2 saturated heterocycles. The number of carbonyl (C=O) groups is 3. The van der Waals surface area contributed by atoms with E-state index >= 15 is 0 Å². The topological polar surface area (TPSA) is 111 Å². The van der Waals surface area contributed by atoms with Crippen LogP contribution in [0.2, 0.25) is 0 Å². The van der Waals surface area contributed by atoms with Crippen LogP contribution < -0.4 is 15.5 Å². The lowest BCUT2D eigenvalue weighted by atomic mass is 10.1. The maximum Gasteiger partial charge on any atom is 0.243 e. The molecule has 0 radical (unpaired) electrons. The van der Waals surface area contributed by atoms with Crippen LogP contribution in [0.1, 0.15) is 17.5 Å². The van der Waals surface area contributed by atoms with Crippen LogP contribution in [0, 0.1) is 13.8 Å². The number of benzene rings is 1. The standard InChI is InChI=1S/C24H31N7O3/c1-17-4-5-19(18(2)14-17)28-21(32)15-20-23(34)25-8-9-31(20)22(33)16-29-10-12-30(13-11-29)24-26-6-3-7-27-24/h3-7,14,20H,8-13,15-16H2,1-2H3,(H,25,34)(H,28,32)/t20-/m0/s1. The molecule has 10 nitrogen and oxygen atoms in total. The summed E-state index contributed by atoms with van der Waals surface area (Å²) in [4.78, 5) is 52.7. The van der Waals surface area contributed by atoms with Gasteiger partial charge >= 0.3 is 0 Å². The molecule has 1 aromatic carbocycles. The van der Waals surface area contributed by atoms with Gasteiger partial charge in [0.2, 0.25) is 23.7 Å². The summed E-state index contributed by atoms with van der Waals surface area (Å²) in [6.07, 6.45) is 3.36. The maximum absolute atomic E-state index is 13.1. The summed E-state index contributed by atoms with van der Waals surface area (Å²) in [5, 5.41) is 5.67. The summed E-state index contributed by atoms with van der Waals surface area (Å²) in [5.41, 5.74) is 2.77. The van der Waals surface area contributed by atoms with Gasteiger partial charge in [0.25, 0.3) is 0 Å². The fraction of sp³-hybridized carbons (Fsp3) is 0.458. The van der Waals surface area contributed by atoms with Crippen molar-refractivity contribution in [3.63, 3.8) is 0 Å². The Kier molecular flexibility index (Phi) is 7.36. The number of aromatic nitrogens is 2. The van der Waals surface area contributed by atoms with Crippen molar-refractivity contribution in [2.45, 2.75) is 26.3 Å². The third kappa shape index (κ3) is 5.69. The van der Waals surface area contributed by atoms with Crippen LogP contribution in [0.3, 0.4) is 0 Å². The van der Waals surface area contributed by atoms with E-state index < -0.39 is 6.04 Å². The molecule has 2 fully saturated rings. The van der Waals surface area contributed by atoms with Crippen molar-refractivity contribution >= 4 is 29.4 Å². The van der Waals surface area contributed by atoms with E-state index in [2.05, 4.69) is 30.4 Å². The lowest BCUT2D eigenvalue weighted by Gasteiger charge is -2.38. The third-order valence-corrected chi connectivity index (χ3v) is 6.25. The van der Waals surface area contributed by atoms with E-state index in [1.807, 2.05) is 32.0 Å². The van der Waals surface area contributed by atoms with Gasteiger partial charge in [-0.2, -0.15) is 0 Å². The molecular formula is C24H31N7O3. The molecule has 1 aromatic heterocycles. The predicted molar refractivity (Wildman–Crippen MR) is 128 cm³/mol. The minimum atomic E-state index is -0.814. The predicted octanol–water partition coefficient (Wildman–Crippen LogP) is 0.571. The first-order valence-corrected chi connectivity index (χ1v) is 11.6. The molecule has 0 unspecified atom stereocenters. The van der Waals surface area contributed by atoms with Crippen molar-refractivity contribution in [1.82, 2.24) is 25.1 Å². The summed E-state index contributed by atoms with van der Waals surface area (Å²) in [7, 11) is 0. The van der Waals surface area contributed by atoms with Gasteiger partial charge in [-0.15, -0.1) is 0 Å². The summed E-state index contributed by atoms with van der Waals surface area (Å²) in [5.74, 6) is -0.0238. The van der Waals surface area contributed by atoms with E-state index in [-0.39, 0.29) is 30.7 Å². The molecule has 3 amide bonds. The van der Waals surface area contributed by atoms with E-state index in [4.69, 9.17) is 0 Å². The van der Waals surface area contributed by atoms with Gasteiger partial charge in [0.05, 0.1) is 13.0 Å². The van der Waals surface area contributed by atoms with E-state index in [9.17, 15) is 14.4 Å².